The van der Waals surface area contributed by atoms with E-state index in [1.807, 2.05) is 12.1 Å². The van der Waals surface area contributed by atoms with Crippen LogP contribution in [0.1, 0.15) is 31.7 Å². The van der Waals surface area contributed by atoms with Gasteiger partial charge >= 0.3 is 0 Å². The molecule has 1 fully saturated rings. The van der Waals surface area contributed by atoms with Crippen LogP contribution in [0.2, 0.25) is 5.02 Å². The summed E-state index contributed by atoms with van der Waals surface area (Å²) in [5.41, 5.74) is 1.09. The molecule has 0 aromatic heterocycles. The fourth-order valence-corrected chi connectivity index (χ4v) is 3.70. The monoisotopic (exact) mass is 539 g/mol. The van der Waals surface area contributed by atoms with Gasteiger partial charge in [-0.1, -0.05) is 29.8 Å². The molecule has 6 nitrogen and oxygen atoms in total. The Morgan fingerprint density at radius 2 is 1.93 bits per heavy atom. The standard InChI is InChI=1S/C21H34ClN3O3.HI/c1-3-23-20(24-11-6-12-27-16-15-26-2)25-17-21(9-13-28-14-10-21)18-7-4-5-8-19(18)22;/h4-5,7-8H,3,6,9-17H2,1-2H3,(H2,23,24,25);1H. The molecule has 1 aliphatic heterocycles. The van der Waals surface area contributed by atoms with Crippen LogP contribution in [0.3, 0.4) is 0 Å². The van der Waals surface area contributed by atoms with Gasteiger partial charge in [0.05, 0.1) is 19.8 Å². The number of guanidine groups is 1. The first-order chi connectivity index (χ1) is 13.7. The molecular weight excluding hydrogens is 505 g/mol. The summed E-state index contributed by atoms with van der Waals surface area (Å²) in [6.45, 7) is 7.82. The number of benzene rings is 1. The first-order valence-electron chi connectivity index (χ1n) is 10.1. The van der Waals surface area contributed by atoms with E-state index in [0.717, 1.165) is 56.5 Å². The first kappa shape index (κ1) is 26.4. The van der Waals surface area contributed by atoms with Gasteiger partial charge in [-0.15, -0.1) is 24.0 Å². The fourth-order valence-electron chi connectivity index (χ4n) is 3.36. The molecular formula is C21H35ClIN3O3. The second-order valence-electron chi connectivity index (χ2n) is 6.95. The summed E-state index contributed by atoms with van der Waals surface area (Å²) < 4.78 is 16.1. The van der Waals surface area contributed by atoms with Gasteiger partial charge in [-0.25, -0.2) is 0 Å². The highest BCUT2D eigenvalue weighted by Gasteiger charge is 2.36. The molecule has 166 valence electrons. The molecule has 0 aliphatic carbocycles. The van der Waals surface area contributed by atoms with Crippen LogP contribution in [0.4, 0.5) is 0 Å². The molecule has 0 saturated carbocycles. The van der Waals surface area contributed by atoms with E-state index in [-0.39, 0.29) is 29.4 Å². The van der Waals surface area contributed by atoms with Crippen molar-refractivity contribution >= 4 is 41.5 Å². The molecule has 1 aromatic carbocycles. The van der Waals surface area contributed by atoms with Crippen LogP contribution in [0.5, 0.6) is 0 Å². The van der Waals surface area contributed by atoms with Crippen molar-refractivity contribution < 1.29 is 14.2 Å². The molecule has 2 N–H and O–H groups in total. The lowest BCUT2D eigenvalue weighted by Crippen LogP contribution is -2.41. The van der Waals surface area contributed by atoms with Crippen LogP contribution in [0.15, 0.2) is 29.3 Å². The van der Waals surface area contributed by atoms with Gasteiger partial charge in [0.2, 0.25) is 0 Å². The van der Waals surface area contributed by atoms with E-state index < -0.39 is 0 Å². The molecule has 2 rings (SSSR count). The molecule has 0 radical (unpaired) electrons. The number of hydrogen-bond donors (Lipinski definition) is 2. The van der Waals surface area contributed by atoms with Crippen molar-refractivity contribution in [1.29, 1.82) is 0 Å². The topological polar surface area (TPSA) is 64.1 Å². The average molecular weight is 540 g/mol. The minimum atomic E-state index is -0.0811. The lowest BCUT2D eigenvalue weighted by Gasteiger charge is -2.37. The summed E-state index contributed by atoms with van der Waals surface area (Å²) in [5.74, 6) is 0.831. The maximum absolute atomic E-state index is 6.53. The quantitative estimate of drug-likeness (QED) is 0.195. The first-order valence-corrected chi connectivity index (χ1v) is 10.5. The largest absolute Gasteiger partial charge is 0.382 e. The van der Waals surface area contributed by atoms with E-state index in [9.17, 15) is 0 Å². The fraction of sp³-hybridized carbons (Fsp3) is 0.667. The Hall–Kier alpha value is -0.610. The number of rotatable bonds is 11. The summed E-state index contributed by atoms with van der Waals surface area (Å²) in [6, 6.07) is 8.11. The minimum Gasteiger partial charge on any atom is -0.382 e. The van der Waals surface area contributed by atoms with E-state index in [2.05, 4.69) is 29.7 Å². The van der Waals surface area contributed by atoms with Gasteiger partial charge in [-0.2, -0.15) is 0 Å². The summed E-state index contributed by atoms with van der Waals surface area (Å²) >= 11 is 6.53. The highest BCUT2D eigenvalue weighted by atomic mass is 127. The summed E-state index contributed by atoms with van der Waals surface area (Å²) in [4.78, 5) is 4.89. The van der Waals surface area contributed by atoms with Crippen LogP contribution in [-0.2, 0) is 19.6 Å². The van der Waals surface area contributed by atoms with Gasteiger partial charge in [-0.05, 0) is 37.8 Å². The molecule has 1 aliphatic rings. The third kappa shape index (κ3) is 8.96. The van der Waals surface area contributed by atoms with Crippen LogP contribution >= 0.6 is 35.6 Å². The van der Waals surface area contributed by atoms with Gasteiger partial charge < -0.3 is 24.8 Å². The number of nitrogens with one attached hydrogen (secondary N) is 2. The zero-order chi connectivity index (χ0) is 20.1. The molecule has 0 amide bonds. The zero-order valence-corrected chi connectivity index (χ0v) is 20.6. The highest BCUT2D eigenvalue weighted by Crippen LogP contribution is 2.38. The average Bonchev–Trinajstić information content (AvgIpc) is 2.72. The van der Waals surface area contributed by atoms with Crippen molar-refractivity contribution in [3.8, 4) is 0 Å². The van der Waals surface area contributed by atoms with Crippen molar-refractivity contribution in [2.45, 2.75) is 31.6 Å². The number of hydrogen-bond acceptors (Lipinski definition) is 4. The Labute approximate surface area is 197 Å². The molecule has 29 heavy (non-hydrogen) atoms. The lowest BCUT2D eigenvalue weighted by atomic mass is 9.74. The van der Waals surface area contributed by atoms with Gasteiger partial charge in [0.1, 0.15) is 0 Å². The minimum absolute atomic E-state index is 0. The Balaban J connectivity index is 0.00000420. The SMILES string of the molecule is CCNC(=NCC1(c2ccccc2Cl)CCOCC1)NCCCOCCOC.I. The third-order valence-electron chi connectivity index (χ3n) is 4.97. The van der Waals surface area contributed by atoms with Crippen molar-refractivity contribution in [2.75, 3.05) is 59.8 Å². The van der Waals surface area contributed by atoms with Crippen LogP contribution in [0.25, 0.3) is 0 Å². The van der Waals surface area contributed by atoms with E-state index >= 15 is 0 Å². The second kappa shape index (κ2) is 15.2. The highest BCUT2D eigenvalue weighted by molar-refractivity contribution is 14.0. The Morgan fingerprint density at radius 3 is 2.62 bits per heavy atom. The normalized spacial score (nSPS) is 16.2. The number of aliphatic imine (C=N–C) groups is 1. The Kier molecular flexibility index (Phi) is 13.9. The van der Waals surface area contributed by atoms with E-state index in [1.54, 1.807) is 7.11 Å². The molecule has 1 aromatic rings. The summed E-state index contributed by atoms with van der Waals surface area (Å²) in [7, 11) is 1.68. The Bertz CT molecular complexity index is 598. The second-order valence-corrected chi connectivity index (χ2v) is 7.36. The van der Waals surface area contributed by atoms with Gasteiger partial charge in [0.25, 0.3) is 0 Å². The zero-order valence-electron chi connectivity index (χ0n) is 17.5. The number of ether oxygens (including phenoxy) is 3. The van der Waals surface area contributed by atoms with Crippen molar-refractivity contribution in [1.82, 2.24) is 10.6 Å². The molecule has 0 atom stereocenters. The van der Waals surface area contributed by atoms with E-state index in [1.165, 1.54) is 5.56 Å². The number of methoxy groups -OCH3 is 1. The number of nitrogens with zero attached hydrogens (tertiary/aromatic N) is 1. The van der Waals surface area contributed by atoms with Gasteiger partial charge in [0.15, 0.2) is 5.96 Å². The van der Waals surface area contributed by atoms with Gasteiger partial charge in [-0.3, -0.25) is 4.99 Å². The molecule has 0 unspecified atom stereocenters. The third-order valence-corrected chi connectivity index (χ3v) is 5.30. The van der Waals surface area contributed by atoms with Crippen LogP contribution in [-0.4, -0.2) is 65.7 Å². The van der Waals surface area contributed by atoms with E-state index in [0.29, 0.717) is 26.4 Å². The maximum atomic E-state index is 6.53. The molecule has 8 heteroatoms. The van der Waals surface area contributed by atoms with E-state index in [4.69, 9.17) is 30.8 Å². The van der Waals surface area contributed by atoms with Crippen LogP contribution < -0.4 is 10.6 Å². The number of halogens is 2. The maximum Gasteiger partial charge on any atom is 0.191 e. The molecule has 0 spiro atoms. The van der Waals surface area contributed by atoms with Crippen LogP contribution in [0, 0.1) is 0 Å². The lowest BCUT2D eigenvalue weighted by molar-refractivity contribution is 0.0531. The predicted molar refractivity (Wildman–Crippen MR) is 130 cm³/mol. The predicted octanol–water partition coefficient (Wildman–Crippen LogP) is 3.61. The summed E-state index contributed by atoms with van der Waals surface area (Å²) in [6.07, 6.45) is 2.76. The molecule has 1 saturated heterocycles. The van der Waals surface area contributed by atoms with Crippen molar-refractivity contribution in [2.24, 2.45) is 4.99 Å². The van der Waals surface area contributed by atoms with Crippen molar-refractivity contribution in [3.63, 3.8) is 0 Å². The summed E-state index contributed by atoms with van der Waals surface area (Å²) in [5, 5.41) is 7.54. The Morgan fingerprint density at radius 1 is 1.17 bits per heavy atom. The van der Waals surface area contributed by atoms with Gasteiger partial charge in [0, 0.05) is 50.5 Å². The smallest absolute Gasteiger partial charge is 0.191 e. The van der Waals surface area contributed by atoms with Crippen molar-refractivity contribution in [3.05, 3.63) is 34.9 Å². The molecule has 0 bridgehead atoms. The molecule has 1 heterocycles.